The van der Waals surface area contributed by atoms with Crippen molar-refractivity contribution >= 4 is 23.1 Å². The normalized spacial score (nSPS) is 10.4. The maximum Gasteiger partial charge on any atom is 0.167 e. The number of hydrogen-bond acceptors (Lipinski definition) is 2. The lowest BCUT2D eigenvalue weighted by molar-refractivity contribution is 0.626. The highest BCUT2D eigenvalue weighted by Gasteiger charge is 2.05. The Morgan fingerprint density at radius 1 is 0.905 bits per heavy atom. The molecule has 4 heteroatoms. The van der Waals surface area contributed by atoms with Gasteiger partial charge >= 0.3 is 0 Å². The first kappa shape index (κ1) is 13.6. The van der Waals surface area contributed by atoms with Gasteiger partial charge in [-0.1, -0.05) is 54.1 Å². The Labute approximate surface area is 127 Å². The number of rotatable bonds is 3. The van der Waals surface area contributed by atoms with Crippen molar-refractivity contribution in [3.8, 4) is 11.1 Å². The molecule has 1 aromatic heterocycles. The molecule has 0 saturated heterocycles. The quantitative estimate of drug-likeness (QED) is 0.711. The molecule has 0 unspecified atom stereocenters. The summed E-state index contributed by atoms with van der Waals surface area (Å²) in [7, 11) is 0. The topological polar surface area (TPSA) is 24.9 Å². The van der Waals surface area contributed by atoms with E-state index in [0.29, 0.717) is 0 Å². The van der Waals surface area contributed by atoms with Crippen LogP contribution in [0.4, 0.5) is 15.9 Å². The maximum atomic E-state index is 13.7. The second kappa shape index (κ2) is 5.94. The van der Waals surface area contributed by atoms with Crippen molar-refractivity contribution in [3.05, 3.63) is 77.7 Å². The standard InChI is InChI=1S/C17H12ClFN2/c18-14-10-16(19)17(20-11-14)21-15-8-6-13(7-9-15)12-4-2-1-3-5-12/h1-11H,(H,20,21). The third-order valence-electron chi connectivity index (χ3n) is 3.06. The molecule has 3 rings (SSSR count). The number of anilines is 2. The van der Waals surface area contributed by atoms with Gasteiger partial charge < -0.3 is 5.32 Å². The van der Waals surface area contributed by atoms with Gasteiger partial charge in [-0.05, 0) is 29.3 Å². The van der Waals surface area contributed by atoms with E-state index < -0.39 is 5.82 Å². The van der Waals surface area contributed by atoms with Crippen molar-refractivity contribution < 1.29 is 4.39 Å². The van der Waals surface area contributed by atoms with Crippen LogP contribution in [0.5, 0.6) is 0 Å². The maximum absolute atomic E-state index is 13.7. The van der Waals surface area contributed by atoms with Crippen molar-refractivity contribution in [2.24, 2.45) is 0 Å². The molecular formula is C17H12ClFN2. The van der Waals surface area contributed by atoms with Crippen LogP contribution in [0.15, 0.2) is 66.9 Å². The van der Waals surface area contributed by atoms with E-state index in [4.69, 9.17) is 11.6 Å². The molecule has 3 aromatic rings. The van der Waals surface area contributed by atoms with Crippen LogP contribution in [0.25, 0.3) is 11.1 Å². The predicted octanol–water partition coefficient (Wildman–Crippen LogP) is 5.28. The zero-order valence-electron chi connectivity index (χ0n) is 11.1. The van der Waals surface area contributed by atoms with Crippen molar-refractivity contribution in [2.45, 2.75) is 0 Å². The number of hydrogen-bond donors (Lipinski definition) is 1. The van der Waals surface area contributed by atoms with Gasteiger partial charge in [-0.15, -0.1) is 0 Å². The lowest BCUT2D eigenvalue weighted by Gasteiger charge is -2.08. The van der Waals surface area contributed by atoms with Gasteiger partial charge in [0.05, 0.1) is 5.02 Å². The Bertz CT molecular complexity index is 742. The third kappa shape index (κ3) is 3.20. The molecule has 21 heavy (non-hydrogen) atoms. The molecule has 0 aliphatic carbocycles. The highest BCUT2D eigenvalue weighted by molar-refractivity contribution is 6.30. The molecule has 0 spiro atoms. The number of nitrogens with one attached hydrogen (secondary N) is 1. The number of pyridine rings is 1. The Morgan fingerprint density at radius 3 is 2.24 bits per heavy atom. The van der Waals surface area contributed by atoms with Crippen LogP contribution in [0.2, 0.25) is 5.02 Å². The smallest absolute Gasteiger partial charge is 0.167 e. The summed E-state index contributed by atoms with van der Waals surface area (Å²) in [5, 5.41) is 3.21. The van der Waals surface area contributed by atoms with Crippen LogP contribution in [0.1, 0.15) is 0 Å². The molecule has 0 saturated carbocycles. The van der Waals surface area contributed by atoms with E-state index in [1.165, 1.54) is 12.3 Å². The van der Waals surface area contributed by atoms with Crippen LogP contribution in [-0.2, 0) is 0 Å². The number of aromatic nitrogens is 1. The summed E-state index contributed by atoms with van der Waals surface area (Å²) >= 11 is 5.68. The van der Waals surface area contributed by atoms with Crippen molar-refractivity contribution in [1.82, 2.24) is 4.98 Å². The molecule has 2 nitrogen and oxygen atoms in total. The Kier molecular flexibility index (Phi) is 3.84. The minimum atomic E-state index is -0.477. The fourth-order valence-electron chi connectivity index (χ4n) is 2.02. The first-order valence-corrected chi connectivity index (χ1v) is 6.84. The largest absolute Gasteiger partial charge is 0.338 e. The van der Waals surface area contributed by atoms with E-state index in [2.05, 4.69) is 10.3 Å². The van der Waals surface area contributed by atoms with Crippen LogP contribution in [0.3, 0.4) is 0 Å². The van der Waals surface area contributed by atoms with Gasteiger partial charge in [0.25, 0.3) is 0 Å². The Hall–Kier alpha value is -2.39. The summed E-state index contributed by atoms with van der Waals surface area (Å²) in [6.07, 6.45) is 1.41. The molecule has 0 aliphatic heterocycles. The molecule has 0 fully saturated rings. The molecule has 1 N–H and O–H groups in total. The molecule has 1 heterocycles. The summed E-state index contributed by atoms with van der Waals surface area (Å²) in [4.78, 5) is 3.94. The Balaban J connectivity index is 1.81. The zero-order chi connectivity index (χ0) is 14.7. The molecule has 0 bridgehead atoms. The van der Waals surface area contributed by atoms with Crippen LogP contribution < -0.4 is 5.32 Å². The van der Waals surface area contributed by atoms with Crippen molar-refractivity contribution in [2.75, 3.05) is 5.32 Å². The molecule has 104 valence electrons. The monoisotopic (exact) mass is 298 g/mol. The van der Waals surface area contributed by atoms with Crippen molar-refractivity contribution in [3.63, 3.8) is 0 Å². The third-order valence-corrected chi connectivity index (χ3v) is 3.27. The Morgan fingerprint density at radius 2 is 1.57 bits per heavy atom. The van der Waals surface area contributed by atoms with Gasteiger partial charge in [-0.25, -0.2) is 9.37 Å². The van der Waals surface area contributed by atoms with E-state index in [0.717, 1.165) is 16.8 Å². The molecule has 0 aliphatic rings. The highest BCUT2D eigenvalue weighted by Crippen LogP contribution is 2.24. The highest BCUT2D eigenvalue weighted by atomic mass is 35.5. The first-order valence-electron chi connectivity index (χ1n) is 6.46. The molecule has 2 aromatic carbocycles. The SMILES string of the molecule is Fc1cc(Cl)cnc1Nc1ccc(-c2ccccc2)cc1. The van der Waals surface area contributed by atoms with Gasteiger partial charge in [0.1, 0.15) is 0 Å². The van der Waals surface area contributed by atoms with E-state index >= 15 is 0 Å². The zero-order valence-corrected chi connectivity index (χ0v) is 11.8. The number of benzene rings is 2. The van der Waals surface area contributed by atoms with Crippen LogP contribution in [0, 0.1) is 5.82 Å². The number of nitrogens with zero attached hydrogens (tertiary/aromatic N) is 1. The fourth-order valence-corrected chi connectivity index (χ4v) is 2.16. The summed E-state index contributed by atoms with van der Waals surface area (Å²) in [6, 6.07) is 19.0. The van der Waals surface area contributed by atoms with Crippen molar-refractivity contribution in [1.29, 1.82) is 0 Å². The fraction of sp³-hybridized carbons (Fsp3) is 0. The van der Waals surface area contributed by atoms with Gasteiger partial charge in [-0.3, -0.25) is 0 Å². The van der Waals surface area contributed by atoms with E-state index in [1.807, 2.05) is 54.6 Å². The minimum absolute atomic E-state index is 0.159. The molecular weight excluding hydrogens is 287 g/mol. The van der Waals surface area contributed by atoms with Crippen LogP contribution in [-0.4, -0.2) is 4.98 Å². The second-order valence-corrected chi connectivity index (χ2v) is 4.99. The van der Waals surface area contributed by atoms with Gasteiger partial charge in [0.15, 0.2) is 11.6 Å². The van der Waals surface area contributed by atoms with Gasteiger partial charge in [0, 0.05) is 11.9 Å². The van der Waals surface area contributed by atoms with Crippen LogP contribution >= 0.6 is 11.6 Å². The summed E-state index contributed by atoms with van der Waals surface area (Å²) in [6.45, 7) is 0. The number of halogens is 2. The van der Waals surface area contributed by atoms with Gasteiger partial charge in [0.2, 0.25) is 0 Å². The van der Waals surface area contributed by atoms with E-state index in [9.17, 15) is 4.39 Å². The average Bonchev–Trinajstić information content (AvgIpc) is 2.52. The molecule has 0 atom stereocenters. The second-order valence-electron chi connectivity index (χ2n) is 4.55. The van der Waals surface area contributed by atoms with E-state index in [-0.39, 0.29) is 10.8 Å². The molecule has 0 amide bonds. The van der Waals surface area contributed by atoms with Gasteiger partial charge in [-0.2, -0.15) is 0 Å². The summed E-state index contributed by atoms with van der Waals surface area (Å²) in [5.41, 5.74) is 3.01. The summed E-state index contributed by atoms with van der Waals surface area (Å²) in [5.74, 6) is -0.318. The minimum Gasteiger partial charge on any atom is -0.338 e. The molecule has 0 radical (unpaired) electrons. The average molecular weight is 299 g/mol. The summed E-state index contributed by atoms with van der Waals surface area (Å²) < 4.78 is 13.7. The lowest BCUT2D eigenvalue weighted by atomic mass is 10.1. The van der Waals surface area contributed by atoms with E-state index in [1.54, 1.807) is 0 Å². The predicted molar refractivity (Wildman–Crippen MR) is 84.4 cm³/mol. The first-order chi connectivity index (χ1) is 10.2. The lowest BCUT2D eigenvalue weighted by Crippen LogP contribution is -1.96.